The Morgan fingerprint density at radius 2 is 0.806 bits per heavy atom. The molecule has 0 saturated heterocycles. The number of ether oxygens (including phenoxy) is 1. The van der Waals surface area contributed by atoms with Gasteiger partial charge in [0, 0.05) is 6.42 Å². The van der Waals surface area contributed by atoms with Crippen molar-refractivity contribution in [2.45, 2.75) is 309 Å². The zero-order valence-corrected chi connectivity index (χ0v) is 44.5. The zero-order valence-electron chi connectivity index (χ0n) is 44.5. The number of aliphatic hydroxyl groups is 2. The van der Waals surface area contributed by atoms with Crippen LogP contribution in [0.3, 0.4) is 0 Å². The summed E-state index contributed by atoms with van der Waals surface area (Å²) < 4.78 is 5.92. The molecular weight excluding hydrogens is 827 g/mol. The van der Waals surface area contributed by atoms with Gasteiger partial charge in [0.25, 0.3) is 0 Å². The number of hydrogen-bond acceptors (Lipinski definition) is 5. The second-order valence-corrected chi connectivity index (χ2v) is 19.8. The average Bonchev–Trinajstić information content (AvgIpc) is 3.32. The maximum atomic E-state index is 13.2. The van der Waals surface area contributed by atoms with Gasteiger partial charge in [-0.05, 0) is 38.5 Å². The molecule has 0 aromatic heterocycles. The van der Waals surface area contributed by atoms with E-state index in [-0.39, 0.29) is 24.9 Å². The Labute approximate surface area is 416 Å². The number of carbonyl (C=O) groups is 2. The van der Waals surface area contributed by atoms with Gasteiger partial charge < -0.3 is 20.3 Å². The summed E-state index contributed by atoms with van der Waals surface area (Å²) in [5.41, 5.74) is 0. The predicted octanol–water partition coefficient (Wildman–Crippen LogP) is 18.0. The van der Waals surface area contributed by atoms with Crippen LogP contribution in [-0.2, 0) is 14.3 Å². The van der Waals surface area contributed by atoms with E-state index in [1.54, 1.807) is 0 Å². The van der Waals surface area contributed by atoms with Gasteiger partial charge >= 0.3 is 5.97 Å². The molecule has 3 N–H and O–H groups in total. The van der Waals surface area contributed by atoms with Crippen molar-refractivity contribution >= 4 is 11.9 Å². The quantitative estimate of drug-likeness (QED) is 0.0321. The highest BCUT2D eigenvalue weighted by Gasteiger charge is 2.24. The molecule has 1 amide bonds. The minimum atomic E-state index is -0.808. The lowest BCUT2D eigenvalue weighted by molar-refractivity contribution is -0.151. The molecule has 3 atom stereocenters. The first-order chi connectivity index (χ1) is 33.0. The summed E-state index contributed by atoms with van der Waals surface area (Å²) in [5.74, 6) is -0.535. The SMILES string of the molecule is CC/C=C/C=C/C=C\C=C/C=C/CCCC(CC(=O)NC(CO)C(O)CCCCCCCCCCCCCCCCCCC)OC(=O)CCCCCCCCCCCCCCCCCCCC. The Hall–Kier alpha value is -2.44. The van der Waals surface area contributed by atoms with Crippen LogP contribution in [0.4, 0.5) is 0 Å². The van der Waals surface area contributed by atoms with Crippen molar-refractivity contribution in [3.63, 3.8) is 0 Å². The Bertz CT molecular complexity index is 1190. The van der Waals surface area contributed by atoms with Crippen molar-refractivity contribution < 1.29 is 24.5 Å². The van der Waals surface area contributed by atoms with Crippen molar-refractivity contribution in [2.24, 2.45) is 0 Å². The van der Waals surface area contributed by atoms with Crippen molar-refractivity contribution in [3.05, 3.63) is 60.8 Å². The molecule has 0 aromatic rings. The molecular formula is C61H111NO5. The number of unbranched alkanes of at least 4 members (excludes halogenated alkanes) is 34. The Morgan fingerprint density at radius 3 is 1.19 bits per heavy atom. The molecule has 0 saturated carbocycles. The minimum Gasteiger partial charge on any atom is -0.462 e. The first kappa shape index (κ1) is 64.6. The van der Waals surface area contributed by atoms with E-state index in [0.717, 1.165) is 57.8 Å². The fourth-order valence-electron chi connectivity index (χ4n) is 8.87. The van der Waals surface area contributed by atoms with Gasteiger partial charge in [0.1, 0.15) is 6.10 Å². The van der Waals surface area contributed by atoms with Crippen LogP contribution in [0.5, 0.6) is 0 Å². The highest BCUT2D eigenvalue weighted by Crippen LogP contribution is 2.18. The lowest BCUT2D eigenvalue weighted by Crippen LogP contribution is -2.46. The van der Waals surface area contributed by atoms with Crippen molar-refractivity contribution in [2.75, 3.05) is 6.61 Å². The van der Waals surface area contributed by atoms with Gasteiger partial charge in [-0.15, -0.1) is 0 Å². The smallest absolute Gasteiger partial charge is 0.306 e. The molecule has 0 radical (unpaired) electrons. The van der Waals surface area contributed by atoms with Gasteiger partial charge in [-0.25, -0.2) is 0 Å². The topological polar surface area (TPSA) is 95.9 Å². The zero-order chi connectivity index (χ0) is 48.8. The van der Waals surface area contributed by atoms with Crippen LogP contribution >= 0.6 is 0 Å². The second kappa shape index (κ2) is 54.5. The number of hydrogen-bond donors (Lipinski definition) is 3. The summed E-state index contributed by atoms with van der Waals surface area (Å²) in [6, 6.07) is -0.725. The third kappa shape index (κ3) is 49.8. The molecule has 67 heavy (non-hydrogen) atoms. The predicted molar refractivity (Wildman–Crippen MR) is 292 cm³/mol. The standard InChI is InChI=1S/C61H111NO5/c1-4-7-10-13-16-19-22-25-27-29-31-33-36-39-42-45-48-51-54-61(66)67-57(52-49-46-43-40-37-34-24-21-18-15-12-9-6-3)55-60(65)62-58(56-63)59(64)53-50-47-44-41-38-35-32-30-28-26-23-20-17-14-11-8-5-2/h9,12,15,18,21,24,34,37,40,43,57-59,63-64H,4-8,10-11,13-14,16-17,19-20,22-23,25-33,35-36,38-39,41-42,44-56H2,1-3H3,(H,62,65)/b12-9+,18-15+,24-21-,37-34-,43-40+. The third-order valence-electron chi connectivity index (χ3n) is 13.2. The van der Waals surface area contributed by atoms with Crippen molar-refractivity contribution in [1.29, 1.82) is 0 Å². The average molecular weight is 939 g/mol. The fraction of sp³-hybridized carbons (Fsp3) is 0.803. The van der Waals surface area contributed by atoms with Crippen LogP contribution in [0.25, 0.3) is 0 Å². The van der Waals surface area contributed by atoms with Crippen LogP contribution in [-0.4, -0.2) is 46.9 Å². The van der Waals surface area contributed by atoms with E-state index in [1.807, 2.05) is 48.6 Å². The second-order valence-electron chi connectivity index (χ2n) is 19.8. The van der Waals surface area contributed by atoms with E-state index < -0.39 is 18.2 Å². The lowest BCUT2D eigenvalue weighted by Gasteiger charge is -2.24. The molecule has 0 fully saturated rings. The monoisotopic (exact) mass is 938 g/mol. The molecule has 0 aliphatic carbocycles. The summed E-state index contributed by atoms with van der Waals surface area (Å²) in [7, 11) is 0. The lowest BCUT2D eigenvalue weighted by atomic mass is 10.0. The number of nitrogens with one attached hydrogen (secondary N) is 1. The largest absolute Gasteiger partial charge is 0.462 e. The summed E-state index contributed by atoms with van der Waals surface area (Å²) in [6.45, 7) is 6.35. The van der Waals surface area contributed by atoms with Crippen LogP contribution in [0.15, 0.2) is 60.8 Å². The van der Waals surface area contributed by atoms with Gasteiger partial charge in [0.05, 0.1) is 25.2 Å². The number of carbonyl (C=O) groups excluding carboxylic acids is 2. The molecule has 6 nitrogen and oxygen atoms in total. The number of aliphatic hydroxyl groups excluding tert-OH is 2. The van der Waals surface area contributed by atoms with E-state index in [4.69, 9.17) is 4.74 Å². The van der Waals surface area contributed by atoms with Crippen LogP contribution in [0.1, 0.15) is 290 Å². The molecule has 0 spiro atoms. The molecule has 0 rings (SSSR count). The van der Waals surface area contributed by atoms with Gasteiger partial charge in [0.2, 0.25) is 5.91 Å². The van der Waals surface area contributed by atoms with Crippen LogP contribution in [0, 0.1) is 0 Å². The highest BCUT2D eigenvalue weighted by atomic mass is 16.5. The molecule has 0 aliphatic rings. The van der Waals surface area contributed by atoms with E-state index in [1.165, 1.54) is 186 Å². The summed E-state index contributed by atoms with van der Waals surface area (Å²) >= 11 is 0. The normalized spacial score (nSPS) is 13.6. The van der Waals surface area contributed by atoms with Crippen LogP contribution in [0.2, 0.25) is 0 Å². The Balaban J connectivity index is 4.54. The number of amides is 1. The fourth-order valence-corrected chi connectivity index (χ4v) is 8.87. The van der Waals surface area contributed by atoms with Crippen molar-refractivity contribution in [3.8, 4) is 0 Å². The summed E-state index contributed by atoms with van der Waals surface area (Å²) in [5, 5.41) is 23.9. The highest BCUT2D eigenvalue weighted by molar-refractivity contribution is 5.77. The van der Waals surface area contributed by atoms with Crippen molar-refractivity contribution in [1.82, 2.24) is 5.32 Å². The Kier molecular flexibility index (Phi) is 52.5. The molecule has 0 heterocycles. The van der Waals surface area contributed by atoms with Gasteiger partial charge in [-0.2, -0.15) is 0 Å². The summed E-state index contributed by atoms with van der Waals surface area (Å²) in [4.78, 5) is 26.2. The van der Waals surface area contributed by atoms with Gasteiger partial charge in [-0.3, -0.25) is 9.59 Å². The number of allylic oxidation sites excluding steroid dienone is 10. The number of esters is 1. The molecule has 3 unspecified atom stereocenters. The molecule has 0 aliphatic heterocycles. The minimum absolute atomic E-state index is 0.0303. The van der Waals surface area contributed by atoms with Gasteiger partial charge in [0.15, 0.2) is 0 Å². The van der Waals surface area contributed by atoms with E-state index in [9.17, 15) is 19.8 Å². The van der Waals surface area contributed by atoms with E-state index >= 15 is 0 Å². The first-order valence-electron chi connectivity index (χ1n) is 29.1. The Morgan fingerprint density at radius 1 is 0.448 bits per heavy atom. The van der Waals surface area contributed by atoms with Gasteiger partial charge in [-0.1, -0.05) is 300 Å². The number of rotatable bonds is 52. The van der Waals surface area contributed by atoms with E-state index in [0.29, 0.717) is 19.3 Å². The molecule has 0 aromatic carbocycles. The summed E-state index contributed by atoms with van der Waals surface area (Å²) in [6.07, 6.45) is 68.7. The molecule has 390 valence electrons. The van der Waals surface area contributed by atoms with Crippen LogP contribution < -0.4 is 5.32 Å². The molecule has 0 bridgehead atoms. The van der Waals surface area contributed by atoms with E-state index in [2.05, 4.69) is 38.2 Å². The molecule has 6 heteroatoms. The third-order valence-corrected chi connectivity index (χ3v) is 13.2. The maximum Gasteiger partial charge on any atom is 0.306 e. The maximum absolute atomic E-state index is 13.2. The first-order valence-corrected chi connectivity index (χ1v) is 29.1.